The molecular formula is C21H28N3O4S+. The van der Waals surface area contributed by atoms with Crippen molar-refractivity contribution in [1.29, 1.82) is 0 Å². The van der Waals surface area contributed by atoms with Crippen LogP contribution in [0.15, 0.2) is 53.4 Å². The van der Waals surface area contributed by atoms with E-state index in [2.05, 4.69) is 5.32 Å². The number of nitrogens with one attached hydrogen (secondary N) is 2. The van der Waals surface area contributed by atoms with E-state index in [-0.39, 0.29) is 17.3 Å². The highest BCUT2D eigenvalue weighted by atomic mass is 32.2. The van der Waals surface area contributed by atoms with Gasteiger partial charge in [-0.1, -0.05) is 29.8 Å². The normalized spacial score (nSPS) is 16.3. The van der Waals surface area contributed by atoms with E-state index in [4.69, 9.17) is 4.74 Å². The van der Waals surface area contributed by atoms with Crippen LogP contribution >= 0.6 is 0 Å². The monoisotopic (exact) mass is 418 g/mol. The number of anilines is 1. The maximum absolute atomic E-state index is 12.8. The maximum atomic E-state index is 12.8. The van der Waals surface area contributed by atoms with Crippen molar-refractivity contribution in [2.75, 3.05) is 45.2 Å². The Morgan fingerprint density at radius 1 is 1.14 bits per heavy atom. The first-order valence-corrected chi connectivity index (χ1v) is 11.1. The first kappa shape index (κ1) is 21.4. The van der Waals surface area contributed by atoms with Gasteiger partial charge < -0.3 is 15.0 Å². The molecule has 1 unspecified atom stereocenters. The Kier molecular flexibility index (Phi) is 7.02. The SMILES string of the molecule is Cc1ccc(NC(=O)C[NH+](C)Cc2cccc(S(=O)(=O)N3CCOCC3)c2)cc1. The van der Waals surface area contributed by atoms with Crippen LogP contribution in [0.3, 0.4) is 0 Å². The lowest BCUT2D eigenvalue weighted by atomic mass is 10.2. The number of aryl methyl sites for hydroxylation is 1. The van der Waals surface area contributed by atoms with E-state index >= 15 is 0 Å². The fourth-order valence-corrected chi connectivity index (χ4v) is 4.76. The second-order valence-corrected chi connectivity index (χ2v) is 9.33. The highest BCUT2D eigenvalue weighted by molar-refractivity contribution is 7.89. The van der Waals surface area contributed by atoms with Crippen LogP contribution in [0.4, 0.5) is 5.69 Å². The van der Waals surface area contributed by atoms with Crippen LogP contribution in [0.2, 0.25) is 0 Å². The molecule has 1 amide bonds. The molecule has 7 nitrogen and oxygen atoms in total. The first-order valence-electron chi connectivity index (χ1n) is 9.69. The number of amides is 1. The summed E-state index contributed by atoms with van der Waals surface area (Å²) in [5.74, 6) is -0.0801. The van der Waals surface area contributed by atoms with E-state index in [1.807, 2.05) is 44.3 Å². The van der Waals surface area contributed by atoms with Gasteiger partial charge in [0, 0.05) is 24.3 Å². The Morgan fingerprint density at radius 2 is 1.83 bits per heavy atom. The summed E-state index contributed by atoms with van der Waals surface area (Å²) < 4.78 is 32.4. The Balaban J connectivity index is 1.60. The molecule has 8 heteroatoms. The van der Waals surface area contributed by atoms with Gasteiger partial charge in [-0.3, -0.25) is 4.79 Å². The molecule has 0 spiro atoms. The lowest BCUT2D eigenvalue weighted by molar-refractivity contribution is -0.885. The number of sulfonamides is 1. The van der Waals surface area contributed by atoms with Crippen molar-refractivity contribution < 1.29 is 22.8 Å². The molecule has 0 bridgehead atoms. The summed E-state index contributed by atoms with van der Waals surface area (Å²) in [6, 6.07) is 14.6. The third kappa shape index (κ3) is 5.86. The van der Waals surface area contributed by atoms with Crippen molar-refractivity contribution >= 4 is 21.6 Å². The van der Waals surface area contributed by atoms with Crippen LogP contribution < -0.4 is 10.2 Å². The van der Waals surface area contributed by atoms with Crippen LogP contribution in [0, 0.1) is 6.92 Å². The number of hydrogen-bond acceptors (Lipinski definition) is 4. The minimum absolute atomic E-state index is 0.0801. The van der Waals surface area contributed by atoms with Crippen molar-refractivity contribution in [3.63, 3.8) is 0 Å². The van der Waals surface area contributed by atoms with Crippen molar-refractivity contribution in [1.82, 2.24) is 4.31 Å². The minimum Gasteiger partial charge on any atom is -0.379 e. The Hall–Kier alpha value is -2.26. The van der Waals surface area contributed by atoms with Crippen molar-refractivity contribution in [3.8, 4) is 0 Å². The number of benzene rings is 2. The number of ether oxygens (including phenoxy) is 1. The number of carbonyl (C=O) groups excluding carboxylic acids is 1. The number of hydrogen-bond donors (Lipinski definition) is 2. The number of morpholine rings is 1. The number of carbonyl (C=O) groups is 1. The molecule has 1 aliphatic rings. The molecule has 0 radical (unpaired) electrons. The third-order valence-corrected chi connectivity index (χ3v) is 6.70. The molecule has 0 aromatic heterocycles. The van der Waals surface area contributed by atoms with Gasteiger partial charge in [0.15, 0.2) is 6.54 Å². The predicted octanol–water partition coefficient (Wildman–Crippen LogP) is 0.669. The highest BCUT2D eigenvalue weighted by Crippen LogP contribution is 2.18. The zero-order chi connectivity index (χ0) is 20.9. The van der Waals surface area contributed by atoms with E-state index < -0.39 is 10.0 Å². The van der Waals surface area contributed by atoms with Crippen molar-refractivity contribution in [2.24, 2.45) is 0 Å². The summed E-state index contributed by atoms with van der Waals surface area (Å²) in [5, 5.41) is 2.89. The average Bonchev–Trinajstić information content (AvgIpc) is 2.70. The summed E-state index contributed by atoms with van der Waals surface area (Å²) in [5.41, 5.74) is 2.78. The number of quaternary nitrogens is 1. The van der Waals surface area contributed by atoms with E-state index in [9.17, 15) is 13.2 Å². The fraction of sp³-hybridized carbons (Fsp3) is 0.381. The molecule has 1 heterocycles. The van der Waals surface area contributed by atoms with Gasteiger partial charge in [0.25, 0.3) is 5.91 Å². The molecule has 2 aromatic rings. The van der Waals surface area contributed by atoms with E-state index in [1.54, 1.807) is 18.2 Å². The molecule has 1 saturated heterocycles. The van der Waals surface area contributed by atoms with Gasteiger partial charge in [0.1, 0.15) is 6.54 Å². The quantitative estimate of drug-likeness (QED) is 0.693. The fourth-order valence-electron chi connectivity index (χ4n) is 3.28. The van der Waals surface area contributed by atoms with Crippen molar-refractivity contribution in [3.05, 3.63) is 59.7 Å². The van der Waals surface area contributed by atoms with Gasteiger partial charge in [0.05, 0.1) is 25.2 Å². The topological polar surface area (TPSA) is 80.2 Å². The molecule has 3 rings (SSSR count). The van der Waals surface area contributed by atoms with E-state index in [0.717, 1.165) is 21.7 Å². The number of likely N-dealkylation sites (N-methyl/N-ethyl adjacent to an activating group) is 1. The van der Waals surface area contributed by atoms with Gasteiger partial charge in [0.2, 0.25) is 10.0 Å². The van der Waals surface area contributed by atoms with Crippen molar-refractivity contribution in [2.45, 2.75) is 18.4 Å². The zero-order valence-corrected chi connectivity index (χ0v) is 17.7. The largest absolute Gasteiger partial charge is 0.379 e. The van der Waals surface area contributed by atoms with Crippen LogP contribution in [-0.2, 0) is 26.1 Å². The summed E-state index contributed by atoms with van der Waals surface area (Å²) >= 11 is 0. The summed E-state index contributed by atoms with van der Waals surface area (Å²) in [7, 11) is -1.61. The molecule has 2 N–H and O–H groups in total. The van der Waals surface area contributed by atoms with Gasteiger partial charge in [-0.2, -0.15) is 4.31 Å². The third-order valence-electron chi connectivity index (χ3n) is 4.81. The second kappa shape index (κ2) is 9.49. The van der Waals surface area contributed by atoms with E-state index in [1.165, 1.54) is 4.31 Å². The standard InChI is InChI=1S/C21H27N3O4S/c1-17-6-8-19(9-7-17)22-21(25)16-23(2)15-18-4-3-5-20(14-18)29(26,27)24-10-12-28-13-11-24/h3-9,14H,10-13,15-16H2,1-2H3,(H,22,25)/p+1. The molecule has 0 aliphatic carbocycles. The Labute approximate surface area is 172 Å². The second-order valence-electron chi connectivity index (χ2n) is 7.39. The molecule has 0 saturated carbocycles. The first-order chi connectivity index (χ1) is 13.8. The van der Waals surface area contributed by atoms with Crippen LogP contribution in [0.5, 0.6) is 0 Å². The predicted molar refractivity (Wildman–Crippen MR) is 111 cm³/mol. The average molecular weight is 419 g/mol. The molecule has 156 valence electrons. The Bertz CT molecular complexity index is 939. The number of nitrogens with zero attached hydrogens (tertiary/aromatic N) is 1. The van der Waals surface area contributed by atoms with E-state index in [0.29, 0.717) is 32.8 Å². The molecule has 1 aliphatic heterocycles. The molecule has 2 aromatic carbocycles. The summed E-state index contributed by atoms with van der Waals surface area (Å²) in [6.45, 7) is 4.41. The van der Waals surface area contributed by atoms with Crippen LogP contribution in [0.25, 0.3) is 0 Å². The Morgan fingerprint density at radius 3 is 2.52 bits per heavy atom. The molecule has 1 atom stereocenters. The summed E-state index contributed by atoms with van der Waals surface area (Å²) in [4.78, 5) is 13.5. The van der Waals surface area contributed by atoms with Gasteiger partial charge in [-0.15, -0.1) is 0 Å². The maximum Gasteiger partial charge on any atom is 0.279 e. The summed E-state index contributed by atoms with van der Waals surface area (Å²) in [6.07, 6.45) is 0. The highest BCUT2D eigenvalue weighted by Gasteiger charge is 2.26. The molecule has 1 fully saturated rings. The lowest BCUT2D eigenvalue weighted by Gasteiger charge is -2.26. The smallest absolute Gasteiger partial charge is 0.279 e. The lowest BCUT2D eigenvalue weighted by Crippen LogP contribution is -3.08. The van der Waals surface area contributed by atoms with Gasteiger partial charge in [-0.25, -0.2) is 8.42 Å². The van der Waals surface area contributed by atoms with Crippen LogP contribution in [-0.4, -0.2) is 58.5 Å². The number of rotatable bonds is 7. The zero-order valence-electron chi connectivity index (χ0n) is 16.8. The van der Waals surface area contributed by atoms with Crippen LogP contribution in [0.1, 0.15) is 11.1 Å². The molecule has 29 heavy (non-hydrogen) atoms. The van der Waals surface area contributed by atoms with Gasteiger partial charge in [-0.05, 0) is 31.2 Å². The molecular weight excluding hydrogens is 390 g/mol. The minimum atomic E-state index is -3.52. The van der Waals surface area contributed by atoms with Gasteiger partial charge >= 0.3 is 0 Å².